The summed E-state index contributed by atoms with van der Waals surface area (Å²) < 4.78 is 1.95. The van der Waals surface area contributed by atoms with E-state index in [0.29, 0.717) is 13.0 Å². The summed E-state index contributed by atoms with van der Waals surface area (Å²) in [5.74, 6) is -0.706. The predicted octanol–water partition coefficient (Wildman–Crippen LogP) is 2.48. The fourth-order valence-corrected chi connectivity index (χ4v) is 3.06. The van der Waals surface area contributed by atoms with Crippen LogP contribution in [0.3, 0.4) is 0 Å². The van der Waals surface area contributed by atoms with Crippen molar-refractivity contribution in [3.05, 3.63) is 47.8 Å². The SMILES string of the molecule is Cc1ccccc1-n1nccc1CN1CC[C@](C)(C(=O)O)C1. The maximum Gasteiger partial charge on any atom is 0.310 e. The average Bonchev–Trinajstić information content (AvgIpc) is 3.08. The number of aryl methyl sites for hydroxylation is 1. The molecule has 0 radical (unpaired) electrons. The molecule has 5 heteroatoms. The van der Waals surface area contributed by atoms with Crippen molar-refractivity contribution >= 4 is 5.97 Å². The summed E-state index contributed by atoms with van der Waals surface area (Å²) in [7, 11) is 0. The van der Waals surface area contributed by atoms with Crippen molar-refractivity contribution in [2.75, 3.05) is 13.1 Å². The number of carboxylic acids is 1. The number of hydrogen-bond acceptors (Lipinski definition) is 3. The van der Waals surface area contributed by atoms with Crippen molar-refractivity contribution in [2.45, 2.75) is 26.8 Å². The minimum absolute atomic E-state index is 0.585. The monoisotopic (exact) mass is 299 g/mol. The quantitative estimate of drug-likeness (QED) is 0.942. The smallest absolute Gasteiger partial charge is 0.310 e. The van der Waals surface area contributed by atoms with Crippen molar-refractivity contribution < 1.29 is 9.90 Å². The van der Waals surface area contributed by atoms with Crippen LogP contribution >= 0.6 is 0 Å². The Kier molecular flexibility index (Phi) is 3.74. The van der Waals surface area contributed by atoms with E-state index in [2.05, 4.69) is 29.1 Å². The first-order valence-corrected chi connectivity index (χ1v) is 7.54. The lowest BCUT2D eigenvalue weighted by Crippen LogP contribution is -2.31. The molecule has 0 saturated carbocycles. The number of nitrogens with zero attached hydrogens (tertiary/aromatic N) is 3. The summed E-state index contributed by atoms with van der Waals surface area (Å²) in [6.45, 7) is 6.01. The second-order valence-corrected chi connectivity index (χ2v) is 6.35. The van der Waals surface area contributed by atoms with Gasteiger partial charge in [-0.05, 0) is 44.5 Å². The molecule has 1 atom stereocenters. The summed E-state index contributed by atoms with van der Waals surface area (Å²) in [6.07, 6.45) is 2.50. The van der Waals surface area contributed by atoms with Crippen molar-refractivity contribution in [3.63, 3.8) is 0 Å². The fraction of sp³-hybridized carbons (Fsp3) is 0.412. The molecular weight excluding hydrogens is 278 g/mol. The standard InChI is InChI=1S/C17H21N3O2/c1-13-5-3-4-6-15(13)20-14(7-9-18-20)11-19-10-8-17(2,12-19)16(21)22/h3-7,9H,8,10-12H2,1-2H3,(H,21,22)/t17-/m0/s1. The molecule has 3 rings (SSSR count). The van der Waals surface area contributed by atoms with Crippen LogP contribution in [0.1, 0.15) is 24.6 Å². The Bertz CT molecular complexity index is 695. The highest BCUT2D eigenvalue weighted by Gasteiger charge is 2.40. The van der Waals surface area contributed by atoms with Gasteiger partial charge in [-0.1, -0.05) is 18.2 Å². The van der Waals surface area contributed by atoms with Gasteiger partial charge in [-0.15, -0.1) is 0 Å². The number of rotatable bonds is 4. The number of hydrogen-bond donors (Lipinski definition) is 1. The Morgan fingerprint density at radius 1 is 1.36 bits per heavy atom. The molecule has 0 unspecified atom stereocenters. The molecule has 2 heterocycles. The first-order valence-electron chi connectivity index (χ1n) is 7.54. The zero-order chi connectivity index (χ0) is 15.7. The van der Waals surface area contributed by atoms with Crippen LogP contribution in [0.25, 0.3) is 5.69 Å². The number of para-hydroxylation sites is 1. The molecule has 1 aliphatic rings. The Morgan fingerprint density at radius 3 is 2.82 bits per heavy atom. The van der Waals surface area contributed by atoms with Crippen LogP contribution < -0.4 is 0 Å². The van der Waals surface area contributed by atoms with E-state index in [1.165, 1.54) is 5.56 Å². The van der Waals surface area contributed by atoms with Gasteiger partial charge in [0.05, 0.1) is 16.8 Å². The maximum absolute atomic E-state index is 11.4. The molecule has 0 aliphatic carbocycles. The van der Waals surface area contributed by atoms with Gasteiger partial charge < -0.3 is 5.11 Å². The van der Waals surface area contributed by atoms with Gasteiger partial charge in [0.25, 0.3) is 0 Å². The molecule has 22 heavy (non-hydrogen) atoms. The van der Waals surface area contributed by atoms with Crippen LogP contribution in [0.5, 0.6) is 0 Å². The lowest BCUT2D eigenvalue weighted by atomic mass is 9.90. The number of carboxylic acid groups (broad SMARTS) is 1. The molecule has 0 amide bonds. The number of likely N-dealkylation sites (tertiary alicyclic amines) is 1. The second kappa shape index (κ2) is 5.57. The van der Waals surface area contributed by atoms with E-state index in [0.717, 1.165) is 24.5 Å². The molecule has 1 aromatic carbocycles. The average molecular weight is 299 g/mol. The molecule has 1 fully saturated rings. The lowest BCUT2D eigenvalue weighted by molar-refractivity contribution is -0.147. The third-order valence-corrected chi connectivity index (χ3v) is 4.52. The van der Waals surface area contributed by atoms with Gasteiger partial charge in [0.15, 0.2) is 0 Å². The van der Waals surface area contributed by atoms with E-state index in [1.54, 1.807) is 6.20 Å². The number of aromatic nitrogens is 2. The summed E-state index contributed by atoms with van der Waals surface area (Å²) in [5.41, 5.74) is 2.70. The van der Waals surface area contributed by atoms with Crippen molar-refractivity contribution in [1.82, 2.24) is 14.7 Å². The summed E-state index contributed by atoms with van der Waals surface area (Å²) in [5, 5.41) is 13.8. The molecule has 0 spiro atoms. The first kappa shape index (κ1) is 14.8. The number of aliphatic carboxylic acids is 1. The lowest BCUT2D eigenvalue weighted by Gasteiger charge is -2.20. The Morgan fingerprint density at radius 2 is 2.14 bits per heavy atom. The molecular formula is C17H21N3O2. The van der Waals surface area contributed by atoms with Gasteiger partial charge >= 0.3 is 5.97 Å². The van der Waals surface area contributed by atoms with Crippen molar-refractivity contribution in [3.8, 4) is 5.69 Å². The topological polar surface area (TPSA) is 58.4 Å². The largest absolute Gasteiger partial charge is 0.481 e. The molecule has 116 valence electrons. The Hall–Kier alpha value is -2.14. The molecule has 0 bridgehead atoms. The van der Waals surface area contributed by atoms with Crippen molar-refractivity contribution in [1.29, 1.82) is 0 Å². The molecule has 5 nitrogen and oxygen atoms in total. The number of benzene rings is 1. The highest BCUT2D eigenvalue weighted by Crippen LogP contribution is 2.31. The van der Waals surface area contributed by atoms with Crippen LogP contribution in [-0.4, -0.2) is 38.8 Å². The van der Waals surface area contributed by atoms with E-state index < -0.39 is 11.4 Å². The van der Waals surface area contributed by atoms with Crippen LogP contribution in [0, 0.1) is 12.3 Å². The van der Waals surface area contributed by atoms with Crippen LogP contribution in [0.15, 0.2) is 36.5 Å². The zero-order valence-corrected chi connectivity index (χ0v) is 13.0. The van der Waals surface area contributed by atoms with E-state index in [1.807, 2.05) is 29.8 Å². The molecule has 1 saturated heterocycles. The van der Waals surface area contributed by atoms with Gasteiger partial charge in [0.1, 0.15) is 0 Å². The molecule has 1 aromatic heterocycles. The molecule has 2 aromatic rings. The highest BCUT2D eigenvalue weighted by molar-refractivity contribution is 5.74. The molecule has 1 N–H and O–H groups in total. The van der Waals surface area contributed by atoms with Crippen LogP contribution in [-0.2, 0) is 11.3 Å². The summed E-state index contributed by atoms with van der Waals surface area (Å²) >= 11 is 0. The van der Waals surface area contributed by atoms with Gasteiger partial charge in [0.2, 0.25) is 0 Å². The number of carbonyl (C=O) groups is 1. The van der Waals surface area contributed by atoms with Gasteiger partial charge in [-0.25, -0.2) is 4.68 Å². The van der Waals surface area contributed by atoms with Gasteiger partial charge in [-0.3, -0.25) is 9.69 Å². The first-order chi connectivity index (χ1) is 10.5. The van der Waals surface area contributed by atoms with E-state index in [9.17, 15) is 9.90 Å². The summed E-state index contributed by atoms with van der Waals surface area (Å²) in [4.78, 5) is 13.6. The van der Waals surface area contributed by atoms with E-state index >= 15 is 0 Å². The second-order valence-electron chi connectivity index (χ2n) is 6.35. The van der Waals surface area contributed by atoms with Gasteiger partial charge in [-0.2, -0.15) is 5.10 Å². The van der Waals surface area contributed by atoms with Gasteiger partial charge in [0, 0.05) is 19.3 Å². The minimum Gasteiger partial charge on any atom is -0.481 e. The molecule has 1 aliphatic heterocycles. The van der Waals surface area contributed by atoms with E-state index in [4.69, 9.17) is 0 Å². The van der Waals surface area contributed by atoms with Crippen LogP contribution in [0.2, 0.25) is 0 Å². The fourth-order valence-electron chi connectivity index (χ4n) is 3.06. The summed E-state index contributed by atoms with van der Waals surface area (Å²) in [6, 6.07) is 10.1. The highest BCUT2D eigenvalue weighted by atomic mass is 16.4. The van der Waals surface area contributed by atoms with Crippen molar-refractivity contribution in [2.24, 2.45) is 5.41 Å². The third kappa shape index (κ3) is 2.64. The zero-order valence-electron chi connectivity index (χ0n) is 13.0. The third-order valence-electron chi connectivity index (χ3n) is 4.52. The van der Waals surface area contributed by atoms with E-state index in [-0.39, 0.29) is 0 Å². The minimum atomic E-state index is -0.706. The van der Waals surface area contributed by atoms with Crippen LogP contribution in [0.4, 0.5) is 0 Å². The predicted molar refractivity (Wildman–Crippen MR) is 83.9 cm³/mol. The maximum atomic E-state index is 11.4. The normalized spacial score (nSPS) is 22.1. The Labute approximate surface area is 130 Å². The Balaban J connectivity index is 1.80.